The Labute approximate surface area is 185 Å². The maximum absolute atomic E-state index is 14.2. The van der Waals surface area contributed by atoms with Gasteiger partial charge in [-0.1, -0.05) is 17.4 Å². The number of furan rings is 1. The number of nitrogens with zero attached hydrogens (tertiary/aromatic N) is 3. The normalized spacial score (nSPS) is 14.6. The Morgan fingerprint density at radius 2 is 2.07 bits per heavy atom. The smallest absolute Gasteiger partial charge is 0.263 e. The summed E-state index contributed by atoms with van der Waals surface area (Å²) in [4.78, 5) is 21.8. The van der Waals surface area contributed by atoms with Crippen molar-refractivity contribution < 1.29 is 18.3 Å². The monoisotopic (exact) mass is 453 g/mol. The van der Waals surface area contributed by atoms with Crippen molar-refractivity contribution >= 4 is 45.0 Å². The maximum atomic E-state index is 14.2. The van der Waals surface area contributed by atoms with Gasteiger partial charge >= 0.3 is 0 Å². The molecule has 162 valence electrons. The van der Waals surface area contributed by atoms with Crippen LogP contribution in [0.1, 0.15) is 28.3 Å². The molecule has 9 heteroatoms. The fourth-order valence-electron chi connectivity index (χ4n) is 3.57. The number of carbonyl (C=O) groups excluding carboxylic acids is 1. The molecule has 0 radical (unpaired) electrons. The molecule has 1 aromatic carbocycles. The van der Waals surface area contributed by atoms with E-state index >= 15 is 0 Å². The van der Waals surface area contributed by atoms with Crippen molar-refractivity contribution in [2.75, 3.05) is 44.3 Å². The van der Waals surface area contributed by atoms with Gasteiger partial charge < -0.3 is 9.15 Å². The molecule has 0 saturated carbocycles. The number of morpholine rings is 1. The van der Waals surface area contributed by atoms with E-state index in [1.807, 2.05) is 13.0 Å². The largest absolute Gasteiger partial charge is 0.466 e. The molecule has 0 spiro atoms. The number of amides is 1. The van der Waals surface area contributed by atoms with Crippen LogP contribution in [0.25, 0.3) is 10.2 Å². The molecule has 1 aliphatic heterocycles. The first kappa shape index (κ1) is 22.7. The maximum Gasteiger partial charge on any atom is 0.263 e. The van der Waals surface area contributed by atoms with Crippen LogP contribution in [0.4, 0.5) is 9.52 Å². The van der Waals surface area contributed by atoms with Gasteiger partial charge in [-0.3, -0.25) is 14.6 Å². The van der Waals surface area contributed by atoms with Crippen LogP contribution in [-0.4, -0.2) is 55.2 Å². The second-order valence-corrected chi connectivity index (χ2v) is 8.18. The topological polar surface area (TPSA) is 58.8 Å². The third-order valence-electron chi connectivity index (χ3n) is 5.07. The predicted molar refractivity (Wildman–Crippen MR) is 119 cm³/mol. The van der Waals surface area contributed by atoms with Gasteiger partial charge in [0.25, 0.3) is 5.91 Å². The minimum Gasteiger partial charge on any atom is -0.466 e. The third kappa shape index (κ3) is 4.83. The van der Waals surface area contributed by atoms with Crippen LogP contribution in [-0.2, 0) is 4.74 Å². The number of rotatable bonds is 6. The van der Waals surface area contributed by atoms with Crippen molar-refractivity contribution in [1.82, 2.24) is 9.88 Å². The van der Waals surface area contributed by atoms with E-state index in [-0.39, 0.29) is 24.1 Å². The van der Waals surface area contributed by atoms with Crippen molar-refractivity contribution in [1.29, 1.82) is 0 Å². The van der Waals surface area contributed by atoms with E-state index < -0.39 is 0 Å². The minimum absolute atomic E-state index is 0. The predicted octanol–water partition coefficient (Wildman–Crippen LogP) is 4.44. The zero-order chi connectivity index (χ0) is 20.4. The summed E-state index contributed by atoms with van der Waals surface area (Å²) in [5.41, 5.74) is 0.826. The molecule has 30 heavy (non-hydrogen) atoms. The highest BCUT2D eigenvalue weighted by Crippen LogP contribution is 2.32. The number of halogens is 2. The number of thiazole rings is 1. The Kier molecular flexibility index (Phi) is 7.46. The van der Waals surface area contributed by atoms with Gasteiger partial charge in [0, 0.05) is 26.2 Å². The van der Waals surface area contributed by atoms with Crippen LogP contribution in [0.2, 0.25) is 0 Å². The van der Waals surface area contributed by atoms with Gasteiger partial charge in [0.05, 0.1) is 23.5 Å². The first-order valence-corrected chi connectivity index (χ1v) is 10.6. The van der Waals surface area contributed by atoms with Crippen LogP contribution >= 0.6 is 23.7 Å². The van der Waals surface area contributed by atoms with E-state index in [2.05, 4.69) is 9.88 Å². The summed E-state index contributed by atoms with van der Waals surface area (Å²) < 4.78 is 25.8. The highest BCUT2D eigenvalue weighted by Gasteiger charge is 2.25. The average Bonchev–Trinajstić information content (AvgIpc) is 3.29. The number of para-hydroxylation sites is 1. The summed E-state index contributed by atoms with van der Waals surface area (Å²) in [5.74, 6) is 0.731. The molecule has 4 rings (SSSR count). The van der Waals surface area contributed by atoms with Crippen molar-refractivity contribution in [2.45, 2.75) is 20.3 Å². The van der Waals surface area contributed by atoms with Gasteiger partial charge in [0.1, 0.15) is 22.9 Å². The summed E-state index contributed by atoms with van der Waals surface area (Å²) in [6.45, 7) is 8.27. The fourth-order valence-corrected chi connectivity index (χ4v) is 4.57. The van der Waals surface area contributed by atoms with E-state index in [1.54, 1.807) is 24.0 Å². The number of anilines is 1. The first-order chi connectivity index (χ1) is 14.0. The average molecular weight is 454 g/mol. The molecule has 1 amide bonds. The van der Waals surface area contributed by atoms with E-state index in [0.29, 0.717) is 34.3 Å². The number of hydrogen-bond donors (Lipinski definition) is 0. The Hall–Kier alpha value is -2.00. The summed E-state index contributed by atoms with van der Waals surface area (Å²) in [6.07, 6.45) is 0.792. The molecule has 6 nitrogen and oxygen atoms in total. The lowest BCUT2D eigenvalue weighted by Gasteiger charge is -2.27. The zero-order valence-electron chi connectivity index (χ0n) is 17.0. The third-order valence-corrected chi connectivity index (χ3v) is 6.11. The Balaban J connectivity index is 0.00000256. The first-order valence-electron chi connectivity index (χ1n) is 9.77. The van der Waals surface area contributed by atoms with Gasteiger partial charge in [-0.15, -0.1) is 12.4 Å². The standard InChI is InChI=1S/C21H24FN3O3S.ClH/c1-14-13-16(15(2)28-14)20(26)25(8-4-7-24-9-11-27-12-10-24)21-23-19-17(22)5-3-6-18(19)29-21;/h3,5-6,13H,4,7-12H2,1-2H3;1H. The Morgan fingerprint density at radius 3 is 2.73 bits per heavy atom. The van der Waals surface area contributed by atoms with Crippen LogP contribution in [0, 0.1) is 19.7 Å². The number of carbonyl (C=O) groups is 1. The molecule has 3 heterocycles. The molecular formula is C21H25ClFN3O3S. The van der Waals surface area contributed by atoms with Crippen molar-refractivity contribution in [3.8, 4) is 0 Å². The van der Waals surface area contributed by atoms with Crippen LogP contribution < -0.4 is 4.90 Å². The molecule has 3 aromatic rings. The molecular weight excluding hydrogens is 429 g/mol. The minimum atomic E-state index is -0.374. The number of fused-ring (bicyclic) bond motifs is 1. The molecule has 1 saturated heterocycles. The van der Waals surface area contributed by atoms with Crippen molar-refractivity contribution in [3.05, 3.63) is 47.2 Å². The van der Waals surface area contributed by atoms with Crippen molar-refractivity contribution in [3.63, 3.8) is 0 Å². The number of hydrogen-bond acceptors (Lipinski definition) is 6. The van der Waals surface area contributed by atoms with E-state index in [9.17, 15) is 9.18 Å². The second-order valence-electron chi connectivity index (χ2n) is 7.17. The Morgan fingerprint density at radius 1 is 1.30 bits per heavy atom. The lowest BCUT2D eigenvalue weighted by molar-refractivity contribution is 0.0376. The van der Waals surface area contributed by atoms with Gasteiger partial charge in [-0.2, -0.15) is 0 Å². The molecule has 0 atom stereocenters. The lowest BCUT2D eigenvalue weighted by atomic mass is 10.2. The molecule has 1 fully saturated rings. The second kappa shape index (κ2) is 9.87. The number of aryl methyl sites for hydroxylation is 2. The molecule has 0 bridgehead atoms. The Bertz CT molecular complexity index is 1020. The van der Waals surface area contributed by atoms with Crippen LogP contribution in [0.15, 0.2) is 28.7 Å². The molecule has 1 aliphatic rings. The molecule has 0 aliphatic carbocycles. The number of ether oxygens (including phenoxy) is 1. The van der Waals surface area contributed by atoms with Gasteiger partial charge in [0.15, 0.2) is 5.13 Å². The molecule has 0 N–H and O–H groups in total. The van der Waals surface area contributed by atoms with Crippen molar-refractivity contribution in [2.24, 2.45) is 0 Å². The number of benzene rings is 1. The molecule has 0 unspecified atom stereocenters. The molecule has 2 aromatic heterocycles. The van der Waals surface area contributed by atoms with Crippen LogP contribution in [0.3, 0.4) is 0 Å². The summed E-state index contributed by atoms with van der Waals surface area (Å²) in [6, 6.07) is 6.62. The van der Waals surface area contributed by atoms with E-state index in [4.69, 9.17) is 9.15 Å². The lowest BCUT2D eigenvalue weighted by Crippen LogP contribution is -2.39. The SMILES string of the molecule is Cc1cc(C(=O)N(CCCN2CCOCC2)c2nc3c(F)cccc3s2)c(C)o1.Cl. The van der Waals surface area contributed by atoms with Gasteiger partial charge in [-0.25, -0.2) is 9.37 Å². The highest BCUT2D eigenvalue weighted by molar-refractivity contribution is 7.22. The van der Waals surface area contributed by atoms with Gasteiger partial charge in [0.2, 0.25) is 0 Å². The highest BCUT2D eigenvalue weighted by atomic mass is 35.5. The van der Waals surface area contributed by atoms with E-state index in [0.717, 1.165) is 44.0 Å². The summed E-state index contributed by atoms with van der Waals surface area (Å²) in [7, 11) is 0. The summed E-state index contributed by atoms with van der Waals surface area (Å²) in [5, 5.41) is 0.510. The van der Waals surface area contributed by atoms with E-state index in [1.165, 1.54) is 17.4 Å². The van der Waals surface area contributed by atoms with Crippen LogP contribution in [0.5, 0.6) is 0 Å². The quantitative estimate of drug-likeness (QED) is 0.552. The number of aromatic nitrogens is 1. The fraction of sp³-hybridized carbons (Fsp3) is 0.429. The van der Waals surface area contributed by atoms with Gasteiger partial charge in [-0.05, 0) is 38.5 Å². The zero-order valence-corrected chi connectivity index (χ0v) is 18.7. The summed E-state index contributed by atoms with van der Waals surface area (Å²) >= 11 is 1.33.